The maximum Gasteiger partial charge on any atom is 0.280 e. The summed E-state index contributed by atoms with van der Waals surface area (Å²) in [5.74, 6) is -0.114. The van der Waals surface area contributed by atoms with Crippen molar-refractivity contribution in [2.75, 3.05) is 17.1 Å². The van der Waals surface area contributed by atoms with Gasteiger partial charge in [0.2, 0.25) is 0 Å². The van der Waals surface area contributed by atoms with Gasteiger partial charge in [-0.2, -0.15) is 15.0 Å². The molecule has 2 aromatic carbocycles. The van der Waals surface area contributed by atoms with E-state index < -0.39 is 15.9 Å². The summed E-state index contributed by atoms with van der Waals surface area (Å²) in [6, 6.07) is 13.7. The largest absolute Gasteiger partial charge is 0.494 e. The lowest BCUT2D eigenvalue weighted by atomic mass is 10.2. The zero-order chi connectivity index (χ0) is 21.0. The van der Waals surface area contributed by atoms with Gasteiger partial charge >= 0.3 is 0 Å². The van der Waals surface area contributed by atoms with E-state index in [-0.39, 0.29) is 27.5 Å². The second-order valence-corrected chi connectivity index (χ2v) is 7.55. The van der Waals surface area contributed by atoms with E-state index in [4.69, 9.17) is 15.7 Å². The number of aromatic nitrogens is 2. The molecule has 0 radical (unpaired) electrons. The molecule has 1 heterocycles. The molecule has 29 heavy (non-hydrogen) atoms. The van der Waals surface area contributed by atoms with Gasteiger partial charge in [0.15, 0.2) is 0 Å². The summed E-state index contributed by atoms with van der Waals surface area (Å²) >= 11 is 0. The van der Waals surface area contributed by atoms with Gasteiger partial charge in [-0.3, -0.25) is 9.52 Å². The molecule has 3 aromatic rings. The number of nitrogens with two attached hydrogens (primary N) is 1. The number of carbonyl (C=O) groups excluding carboxylic acids is 1. The number of ether oxygens (including phenoxy) is 1. The summed E-state index contributed by atoms with van der Waals surface area (Å²) in [6.07, 6.45) is 1.19. The second-order valence-electron chi connectivity index (χ2n) is 5.86. The molecule has 0 unspecified atom stereocenters. The van der Waals surface area contributed by atoms with Gasteiger partial charge in [-0.05, 0) is 49.4 Å². The number of nitrogens with zero attached hydrogens (tertiary/aromatic N) is 3. The highest BCUT2D eigenvalue weighted by Crippen LogP contribution is 2.21. The van der Waals surface area contributed by atoms with Gasteiger partial charge < -0.3 is 10.5 Å². The van der Waals surface area contributed by atoms with Crippen LogP contribution in [0.25, 0.3) is 0 Å². The average molecular weight is 411 g/mol. The molecule has 0 saturated carbocycles. The molecule has 3 N–H and O–H groups in total. The van der Waals surface area contributed by atoms with Crippen molar-refractivity contribution in [3.05, 3.63) is 65.9 Å². The maximum absolute atomic E-state index is 12.6. The van der Waals surface area contributed by atoms with Crippen molar-refractivity contribution in [1.82, 2.24) is 9.78 Å². The van der Waals surface area contributed by atoms with E-state index >= 15 is 0 Å². The SMILES string of the molecule is CCOc1ccc(S(=O)(=O)Nc2cccc(C(=O)n3ncc(C#N)c3N)c2)cc1. The predicted molar refractivity (Wildman–Crippen MR) is 106 cm³/mol. The normalized spacial score (nSPS) is 10.9. The summed E-state index contributed by atoms with van der Waals surface area (Å²) in [7, 11) is -3.87. The van der Waals surface area contributed by atoms with Gasteiger partial charge in [-0.1, -0.05) is 6.07 Å². The number of nitrogen functional groups attached to an aromatic ring is 1. The lowest BCUT2D eigenvalue weighted by Crippen LogP contribution is -2.17. The first-order valence-corrected chi connectivity index (χ1v) is 9.98. The Morgan fingerprint density at radius 1 is 1.28 bits per heavy atom. The van der Waals surface area contributed by atoms with E-state index in [0.29, 0.717) is 12.4 Å². The first-order valence-electron chi connectivity index (χ1n) is 8.49. The molecular formula is C19H17N5O4S. The van der Waals surface area contributed by atoms with Gasteiger partial charge in [-0.15, -0.1) is 0 Å². The monoisotopic (exact) mass is 411 g/mol. The summed E-state index contributed by atoms with van der Waals surface area (Å²) in [5.41, 5.74) is 6.15. The molecule has 0 spiro atoms. The molecule has 9 nitrogen and oxygen atoms in total. The fraction of sp³-hybridized carbons (Fsp3) is 0.105. The summed E-state index contributed by atoms with van der Waals surface area (Å²) in [5, 5.41) is 12.7. The van der Waals surface area contributed by atoms with Crippen LogP contribution in [-0.4, -0.2) is 30.7 Å². The maximum atomic E-state index is 12.6. The highest BCUT2D eigenvalue weighted by Gasteiger charge is 2.18. The summed E-state index contributed by atoms with van der Waals surface area (Å²) in [4.78, 5) is 12.7. The van der Waals surface area contributed by atoms with Crippen LogP contribution >= 0.6 is 0 Å². The van der Waals surface area contributed by atoms with E-state index in [9.17, 15) is 13.2 Å². The van der Waals surface area contributed by atoms with Crippen molar-refractivity contribution >= 4 is 27.4 Å². The highest BCUT2D eigenvalue weighted by atomic mass is 32.2. The van der Waals surface area contributed by atoms with Crippen LogP contribution in [0.1, 0.15) is 22.8 Å². The third kappa shape index (κ3) is 4.20. The number of hydrogen-bond donors (Lipinski definition) is 2. The quantitative estimate of drug-likeness (QED) is 0.634. The molecule has 0 aliphatic carbocycles. The molecule has 148 valence electrons. The number of anilines is 2. The Kier molecular flexibility index (Phi) is 5.52. The molecule has 0 aliphatic rings. The minimum atomic E-state index is -3.87. The molecule has 3 rings (SSSR count). The third-order valence-electron chi connectivity index (χ3n) is 3.93. The molecule has 0 saturated heterocycles. The minimum absolute atomic E-state index is 0.0488. The zero-order valence-electron chi connectivity index (χ0n) is 15.4. The number of rotatable bonds is 6. The van der Waals surface area contributed by atoms with Gasteiger partial charge in [0, 0.05) is 11.3 Å². The molecule has 0 atom stereocenters. The average Bonchev–Trinajstić information content (AvgIpc) is 3.08. The number of nitriles is 1. The summed E-state index contributed by atoms with van der Waals surface area (Å²) < 4.78 is 33.8. The van der Waals surface area contributed by atoms with Gasteiger partial charge in [0.25, 0.3) is 15.9 Å². The number of sulfonamides is 1. The Bertz CT molecular complexity index is 1190. The standard InChI is InChI=1S/C19H17N5O4S/c1-2-28-16-6-8-17(9-7-16)29(26,27)23-15-5-3-4-13(10-15)19(25)24-18(21)14(11-20)12-22-24/h3-10,12,23H,2,21H2,1H3. The zero-order valence-corrected chi connectivity index (χ0v) is 16.2. The van der Waals surface area contributed by atoms with Crippen LogP contribution in [0, 0.1) is 11.3 Å². The third-order valence-corrected chi connectivity index (χ3v) is 5.32. The van der Waals surface area contributed by atoms with E-state index in [1.54, 1.807) is 12.1 Å². The smallest absolute Gasteiger partial charge is 0.280 e. The molecule has 1 aromatic heterocycles. The Balaban J connectivity index is 1.84. The first kappa shape index (κ1) is 19.9. The van der Waals surface area contributed by atoms with Gasteiger partial charge in [-0.25, -0.2) is 8.42 Å². The van der Waals surface area contributed by atoms with Crippen molar-refractivity contribution in [2.24, 2.45) is 0 Å². The van der Waals surface area contributed by atoms with Crippen LogP contribution in [0.3, 0.4) is 0 Å². The van der Waals surface area contributed by atoms with Crippen LogP contribution in [0.15, 0.2) is 59.6 Å². The first-order chi connectivity index (χ1) is 13.9. The number of carbonyl (C=O) groups is 1. The van der Waals surface area contributed by atoms with Crippen molar-refractivity contribution in [1.29, 1.82) is 5.26 Å². The van der Waals surface area contributed by atoms with Crippen LogP contribution in [0.5, 0.6) is 5.75 Å². The van der Waals surface area contributed by atoms with Gasteiger partial charge in [0.05, 0.1) is 17.7 Å². The minimum Gasteiger partial charge on any atom is -0.494 e. The Morgan fingerprint density at radius 2 is 2.00 bits per heavy atom. The fourth-order valence-electron chi connectivity index (χ4n) is 2.54. The Morgan fingerprint density at radius 3 is 2.62 bits per heavy atom. The number of nitrogens with one attached hydrogen (secondary N) is 1. The van der Waals surface area contributed by atoms with Crippen LogP contribution in [0.4, 0.5) is 11.5 Å². The topological polar surface area (TPSA) is 140 Å². The molecule has 0 fully saturated rings. The van der Waals surface area contributed by atoms with E-state index in [1.807, 2.05) is 13.0 Å². The summed E-state index contributed by atoms with van der Waals surface area (Å²) in [6.45, 7) is 2.31. The van der Waals surface area contributed by atoms with Gasteiger partial charge in [0.1, 0.15) is 23.2 Å². The van der Waals surface area contributed by atoms with E-state index in [0.717, 1.165) is 4.68 Å². The molecule has 10 heteroatoms. The van der Waals surface area contributed by atoms with Crippen LogP contribution in [0.2, 0.25) is 0 Å². The van der Waals surface area contributed by atoms with E-state index in [2.05, 4.69) is 9.82 Å². The lowest BCUT2D eigenvalue weighted by molar-refractivity contribution is 0.0948. The lowest BCUT2D eigenvalue weighted by Gasteiger charge is -2.10. The molecule has 0 aliphatic heterocycles. The molecular weight excluding hydrogens is 394 g/mol. The molecule has 0 amide bonds. The van der Waals surface area contributed by atoms with Crippen LogP contribution in [-0.2, 0) is 10.0 Å². The van der Waals surface area contributed by atoms with Crippen LogP contribution < -0.4 is 15.2 Å². The highest BCUT2D eigenvalue weighted by molar-refractivity contribution is 7.92. The van der Waals surface area contributed by atoms with Crippen molar-refractivity contribution < 1.29 is 17.9 Å². The number of hydrogen-bond acceptors (Lipinski definition) is 7. The second kappa shape index (κ2) is 8.04. The van der Waals surface area contributed by atoms with Crippen molar-refractivity contribution in [3.63, 3.8) is 0 Å². The fourth-order valence-corrected chi connectivity index (χ4v) is 3.59. The Labute approximate surface area is 167 Å². The molecule has 0 bridgehead atoms. The predicted octanol–water partition coefficient (Wildman–Crippen LogP) is 2.22. The number of benzene rings is 2. The van der Waals surface area contributed by atoms with E-state index in [1.165, 1.54) is 42.6 Å². The van der Waals surface area contributed by atoms with Crippen molar-refractivity contribution in [2.45, 2.75) is 11.8 Å². The Hall–Kier alpha value is -3.84. The van der Waals surface area contributed by atoms with Crippen molar-refractivity contribution in [3.8, 4) is 11.8 Å².